The van der Waals surface area contributed by atoms with Crippen LogP contribution in [0.15, 0.2) is 35.4 Å². The molecule has 3 heterocycles. The molecule has 2 aromatic rings. The van der Waals surface area contributed by atoms with Gasteiger partial charge in [0, 0.05) is 42.8 Å². The van der Waals surface area contributed by atoms with Crippen molar-refractivity contribution in [1.29, 1.82) is 5.41 Å². The molecule has 12 heteroatoms. The molecule has 2 aliphatic heterocycles. The number of aromatic nitrogens is 2. The summed E-state index contributed by atoms with van der Waals surface area (Å²) in [7, 11) is -3.57. The van der Waals surface area contributed by atoms with Gasteiger partial charge in [-0.05, 0) is 30.7 Å². The Morgan fingerprint density at radius 1 is 1.26 bits per heavy atom. The standard InChI is InChI=1S/C19H21ClF2N6O2S/c20-13-1-3-14(4-2-13)31(29,30)28-11-19(12-28)5-6-27(10-19)17-9-24-15(7-23)18(26-17)25-8-16(21)22/h1-4,7,9,16,23H,5-6,8,10-12H2,(H,25,26). The smallest absolute Gasteiger partial charge is 0.255 e. The van der Waals surface area contributed by atoms with Crippen molar-refractivity contribution in [3.8, 4) is 0 Å². The van der Waals surface area contributed by atoms with Crippen molar-refractivity contribution < 1.29 is 17.2 Å². The molecule has 2 N–H and O–H groups in total. The number of rotatable bonds is 7. The summed E-state index contributed by atoms with van der Waals surface area (Å²) in [5.41, 5.74) is 0.000000899. The Morgan fingerprint density at radius 2 is 1.97 bits per heavy atom. The van der Waals surface area contributed by atoms with Gasteiger partial charge in [-0.3, -0.25) is 0 Å². The summed E-state index contributed by atoms with van der Waals surface area (Å²) < 4.78 is 52.2. The van der Waals surface area contributed by atoms with Gasteiger partial charge in [0.15, 0.2) is 5.82 Å². The molecule has 1 spiro atoms. The minimum absolute atomic E-state index is 0.134. The zero-order chi connectivity index (χ0) is 22.2. The second kappa shape index (κ2) is 8.29. The van der Waals surface area contributed by atoms with Crippen LogP contribution in [0, 0.1) is 10.8 Å². The lowest BCUT2D eigenvalue weighted by Crippen LogP contribution is -2.59. The highest BCUT2D eigenvalue weighted by atomic mass is 35.5. The van der Waals surface area contributed by atoms with Gasteiger partial charge in [0.05, 0.1) is 17.6 Å². The maximum Gasteiger partial charge on any atom is 0.255 e. The van der Waals surface area contributed by atoms with Crippen LogP contribution in [0.5, 0.6) is 0 Å². The Kier molecular flexibility index (Phi) is 5.84. The second-order valence-electron chi connectivity index (χ2n) is 7.78. The lowest BCUT2D eigenvalue weighted by atomic mass is 9.81. The van der Waals surface area contributed by atoms with Gasteiger partial charge in [0.2, 0.25) is 10.0 Å². The minimum Gasteiger partial charge on any atom is -0.362 e. The molecular weight excluding hydrogens is 450 g/mol. The summed E-state index contributed by atoms with van der Waals surface area (Å²) in [6, 6.07) is 6.10. The fourth-order valence-corrected chi connectivity index (χ4v) is 5.76. The minimum atomic E-state index is -3.57. The average Bonchev–Trinajstić information content (AvgIpc) is 3.17. The lowest BCUT2D eigenvalue weighted by molar-refractivity contribution is 0.0936. The highest BCUT2D eigenvalue weighted by Gasteiger charge is 2.52. The zero-order valence-corrected chi connectivity index (χ0v) is 18.0. The number of nitrogens with zero attached hydrogens (tertiary/aromatic N) is 4. The first kappa shape index (κ1) is 21.8. The number of hydrogen-bond donors (Lipinski definition) is 2. The first-order chi connectivity index (χ1) is 14.7. The van der Waals surface area contributed by atoms with Crippen molar-refractivity contribution in [2.75, 3.05) is 42.9 Å². The van der Waals surface area contributed by atoms with Crippen molar-refractivity contribution in [1.82, 2.24) is 14.3 Å². The zero-order valence-electron chi connectivity index (χ0n) is 16.4. The number of hydrogen-bond acceptors (Lipinski definition) is 7. The predicted molar refractivity (Wildman–Crippen MR) is 114 cm³/mol. The Balaban J connectivity index is 1.44. The van der Waals surface area contributed by atoms with Crippen LogP contribution < -0.4 is 10.2 Å². The number of nitrogens with one attached hydrogen (secondary N) is 2. The van der Waals surface area contributed by atoms with E-state index in [4.69, 9.17) is 17.0 Å². The molecule has 166 valence electrons. The van der Waals surface area contributed by atoms with E-state index in [1.54, 1.807) is 12.1 Å². The van der Waals surface area contributed by atoms with Gasteiger partial charge in [-0.2, -0.15) is 4.31 Å². The van der Waals surface area contributed by atoms with E-state index in [0.29, 0.717) is 37.0 Å². The molecule has 0 atom stereocenters. The van der Waals surface area contributed by atoms with Crippen LogP contribution in [0.4, 0.5) is 20.4 Å². The fourth-order valence-electron chi connectivity index (χ4n) is 3.97. The van der Waals surface area contributed by atoms with E-state index in [-0.39, 0.29) is 21.8 Å². The van der Waals surface area contributed by atoms with Crippen LogP contribution in [-0.4, -0.2) is 68.1 Å². The van der Waals surface area contributed by atoms with Gasteiger partial charge >= 0.3 is 0 Å². The molecule has 31 heavy (non-hydrogen) atoms. The van der Waals surface area contributed by atoms with E-state index in [1.165, 1.54) is 22.6 Å². The molecule has 1 aromatic heterocycles. The van der Waals surface area contributed by atoms with E-state index in [2.05, 4.69) is 15.3 Å². The summed E-state index contributed by atoms with van der Waals surface area (Å²) >= 11 is 5.85. The van der Waals surface area contributed by atoms with Crippen molar-refractivity contribution in [3.05, 3.63) is 41.2 Å². The van der Waals surface area contributed by atoms with Crippen LogP contribution >= 0.6 is 11.6 Å². The maximum atomic E-state index is 12.8. The Hall–Kier alpha value is -2.37. The molecule has 2 aliphatic rings. The first-order valence-electron chi connectivity index (χ1n) is 9.63. The van der Waals surface area contributed by atoms with E-state index >= 15 is 0 Å². The van der Waals surface area contributed by atoms with Crippen LogP contribution in [-0.2, 0) is 10.0 Å². The number of anilines is 2. The molecular formula is C19H21ClF2N6O2S. The van der Waals surface area contributed by atoms with Crippen molar-refractivity contribution in [2.45, 2.75) is 17.7 Å². The largest absolute Gasteiger partial charge is 0.362 e. The number of alkyl halides is 2. The van der Waals surface area contributed by atoms with Crippen LogP contribution in [0.1, 0.15) is 12.1 Å². The Bertz CT molecular complexity index is 1080. The molecule has 0 radical (unpaired) electrons. The monoisotopic (exact) mass is 470 g/mol. The first-order valence-corrected chi connectivity index (χ1v) is 11.4. The van der Waals surface area contributed by atoms with Gasteiger partial charge in [0.1, 0.15) is 11.5 Å². The molecule has 0 bridgehead atoms. The van der Waals surface area contributed by atoms with E-state index in [9.17, 15) is 17.2 Å². The number of halogens is 3. The summed E-state index contributed by atoms with van der Waals surface area (Å²) in [6.45, 7) is 1.46. The third-order valence-electron chi connectivity index (χ3n) is 5.59. The molecule has 0 aliphatic carbocycles. The summed E-state index contributed by atoms with van der Waals surface area (Å²) in [5.74, 6) is 0.646. The molecule has 2 saturated heterocycles. The average molecular weight is 471 g/mol. The molecule has 0 amide bonds. The van der Waals surface area contributed by atoms with Gasteiger partial charge in [0.25, 0.3) is 6.43 Å². The third-order valence-corrected chi connectivity index (χ3v) is 7.64. The van der Waals surface area contributed by atoms with Gasteiger partial charge < -0.3 is 15.6 Å². The van der Waals surface area contributed by atoms with Crippen LogP contribution in [0.3, 0.4) is 0 Å². The number of benzene rings is 1. The molecule has 0 unspecified atom stereocenters. The predicted octanol–water partition coefficient (Wildman–Crippen LogP) is 2.71. The SMILES string of the molecule is N=Cc1ncc(N2CCC3(C2)CN(S(=O)(=O)c2ccc(Cl)cc2)C3)nc1NCC(F)F. The number of sulfonamides is 1. The fraction of sp³-hybridized carbons (Fsp3) is 0.421. The Morgan fingerprint density at radius 3 is 2.61 bits per heavy atom. The van der Waals surface area contributed by atoms with Gasteiger partial charge in [-0.1, -0.05) is 11.6 Å². The van der Waals surface area contributed by atoms with Crippen molar-refractivity contribution in [3.63, 3.8) is 0 Å². The Labute approximate surface area is 183 Å². The van der Waals surface area contributed by atoms with E-state index < -0.39 is 23.0 Å². The highest BCUT2D eigenvalue weighted by molar-refractivity contribution is 7.89. The van der Waals surface area contributed by atoms with Gasteiger partial charge in [-0.25, -0.2) is 27.2 Å². The normalized spacial score (nSPS) is 18.4. The van der Waals surface area contributed by atoms with Crippen LogP contribution in [0.2, 0.25) is 5.02 Å². The summed E-state index contributed by atoms with van der Waals surface area (Å²) in [6.07, 6.45) is 0.700. The highest BCUT2D eigenvalue weighted by Crippen LogP contribution is 2.43. The van der Waals surface area contributed by atoms with Crippen molar-refractivity contribution >= 4 is 39.5 Å². The quantitative estimate of drug-likeness (QED) is 0.603. The molecule has 2 fully saturated rings. The molecule has 1 aromatic carbocycles. The van der Waals surface area contributed by atoms with Gasteiger partial charge in [-0.15, -0.1) is 0 Å². The summed E-state index contributed by atoms with van der Waals surface area (Å²) in [5, 5.41) is 10.4. The van der Waals surface area contributed by atoms with E-state index in [0.717, 1.165) is 12.6 Å². The third kappa shape index (κ3) is 4.35. The topological polar surface area (TPSA) is 102 Å². The van der Waals surface area contributed by atoms with Crippen LogP contribution in [0.25, 0.3) is 0 Å². The summed E-state index contributed by atoms with van der Waals surface area (Å²) in [4.78, 5) is 10.7. The molecule has 8 nitrogen and oxygen atoms in total. The maximum absolute atomic E-state index is 12.8. The lowest BCUT2D eigenvalue weighted by Gasteiger charge is -2.46. The second-order valence-corrected chi connectivity index (χ2v) is 10.2. The molecule has 4 rings (SSSR count). The molecule has 0 saturated carbocycles. The van der Waals surface area contributed by atoms with Crippen molar-refractivity contribution in [2.24, 2.45) is 5.41 Å². The van der Waals surface area contributed by atoms with E-state index in [1.807, 2.05) is 4.90 Å².